The van der Waals surface area contributed by atoms with Crippen molar-refractivity contribution < 1.29 is 14.7 Å². The largest absolute Gasteiger partial charge is 0.477 e. The number of aromatic carboxylic acids is 1. The molecule has 5 nitrogen and oxygen atoms in total. The van der Waals surface area contributed by atoms with Gasteiger partial charge in [-0.05, 0) is 30.9 Å². The maximum absolute atomic E-state index is 11.9. The first-order valence-electron chi connectivity index (χ1n) is 6.04. The molecule has 2 rings (SSSR count). The number of hydrogen-bond acceptors (Lipinski definition) is 3. The van der Waals surface area contributed by atoms with Gasteiger partial charge >= 0.3 is 5.97 Å². The van der Waals surface area contributed by atoms with E-state index in [1.54, 1.807) is 13.1 Å². The van der Waals surface area contributed by atoms with Gasteiger partial charge < -0.3 is 10.0 Å². The molecule has 1 amide bonds. The molecule has 18 heavy (non-hydrogen) atoms. The Kier molecular flexibility index (Phi) is 3.60. The quantitative estimate of drug-likeness (QED) is 0.883. The van der Waals surface area contributed by atoms with Crippen LogP contribution in [-0.2, 0) is 4.79 Å². The first kappa shape index (κ1) is 12.5. The number of carboxylic acid groups (broad SMARTS) is 1. The Bertz CT molecular complexity index is 452. The summed E-state index contributed by atoms with van der Waals surface area (Å²) in [5.74, 6) is -0.485. The first-order valence-corrected chi connectivity index (χ1v) is 6.04. The predicted molar refractivity (Wildman–Crippen MR) is 66.6 cm³/mol. The van der Waals surface area contributed by atoms with Gasteiger partial charge in [0.25, 0.3) is 0 Å². The third-order valence-electron chi connectivity index (χ3n) is 3.42. The Hall–Kier alpha value is -1.91. The molecule has 0 saturated heterocycles. The number of anilines is 1. The van der Waals surface area contributed by atoms with E-state index in [0.717, 1.165) is 12.8 Å². The molecule has 1 aromatic rings. The molecular formula is C13H16N2O3. The number of carbonyl (C=O) groups excluding carboxylic acids is 1. The van der Waals surface area contributed by atoms with Crippen molar-refractivity contribution in [1.82, 2.24) is 4.98 Å². The summed E-state index contributed by atoms with van der Waals surface area (Å²) >= 11 is 0. The van der Waals surface area contributed by atoms with Crippen LogP contribution in [0.4, 0.5) is 5.69 Å². The summed E-state index contributed by atoms with van der Waals surface area (Å²) in [4.78, 5) is 28.0. The van der Waals surface area contributed by atoms with Gasteiger partial charge in [-0.25, -0.2) is 9.78 Å². The summed E-state index contributed by atoms with van der Waals surface area (Å²) in [6.45, 7) is 0. The molecule has 1 aliphatic carbocycles. The summed E-state index contributed by atoms with van der Waals surface area (Å²) in [5, 5.41) is 8.74. The van der Waals surface area contributed by atoms with E-state index in [1.807, 2.05) is 0 Å². The molecule has 1 saturated carbocycles. The first-order chi connectivity index (χ1) is 8.58. The summed E-state index contributed by atoms with van der Waals surface area (Å²) in [7, 11) is 1.69. The van der Waals surface area contributed by atoms with Crippen LogP contribution in [0.1, 0.15) is 36.2 Å². The highest BCUT2D eigenvalue weighted by Gasteiger charge is 2.23. The lowest BCUT2D eigenvalue weighted by molar-refractivity contribution is -0.119. The molecule has 0 spiro atoms. The zero-order chi connectivity index (χ0) is 13.1. The molecule has 1 N–H and O–H groups in total. The minimum Gasteiger partial charge on any atom is -0.477 e. The van der Waals surface area contributed by atoms with Crippen molar-refractivity contribution in [3.8, 4) is 0 Å². The zero-order valence-electron chi connectivity index (χ0n) is 10.3. The Morgan fingerprint density at radius 3 is 2.61 bits per heavy atom. The Balaban J connectivity index is 2.00. The molecule has 1 aromatic heterocycles. The van der Waals surface area contributed by atoms with Gasteiger partial charge in [0, 0.05) is 13.5 Å². The van der Waals surface area contributed by atoms with Crippen molar-refractivity contribution in [2.24, 2.45) is 5.92 Å². The van der Waals surface area contributed by atoms with Crippen molar-refractivity contribution >= 4 is 17.6 Å². The highest BCUT2D eigenvalue weighted by Crippen LogP contribution is 2.30. The number of rotatable bonds is 4. The van der Waals surface area contributed by atoms with Gasteiger partial charge in [0.05, 0.1) is 11.9 Å². The average Bonchev–Trinajstić information content (AvgIpc) is 2.32. The Morgan fingerprint density at radius 1 is 1.44 bits per heavy atom. The second kappa shape index (κ2) is 5.16. The summed E-state index contributed by atoms with van der Waals surface area (Å²) in [6, 6.07) is 3.01. The van der Waals surface area contributed by atoms with Crippen molar-refractivity contribution in [2.75, 3.05) is 11.9 Å². The number of nitrogens with zero attached hydrogens (tertiary/aromatic N) is 2. The fraction of sp³-hybridized carbons (Fsp3) is 0.462. The SMILES string of the molecule is CN(C(=O)CC1CCC1)c1ccc(C(=O)O)nc1. The summed E-state index contributed by atoms with van der Waals surface area (Å²) in [5.41, 5.74) is 0.614. The Labute approximate surface area is 105 Å². The van der Waals surface area contributed by atoms with Crippen LogP contribution in [-0.4, -0.2) is 29.0 Å². The molecule has 5 heteroatoms. The highest BCUT2D eigenvalue weighted by atomic mass is 16.4. The topological polar surface area (TPSA) is 70.5 Å². The van der Waals surface area contributed by atoms with Crippen molar-refractivity contribution in [3.63, 3.8) is 0 Å². The van der Waals surface area contributed by atoms with E-state index in [4.69, 9.17) is 5.11 Å². The van der Waals surface area contributed by atoms with Gasteiger partial charge in [0.1, 0.15) is 5.69 Å². The standard InChI is InChI=1S/C13H16N2O3/c1-15(12(16)7-9-3-2-4-9)10-5-6-11(13(17)18)14-8-10/h5-6,8-9H,2-4,7H2,1H3,(H,17,18). The van der Waals surface area contributed by atoms with E-state index in [1.165, 1.54) is 23.6 Å². The Morgan fingerprint density at radius 2 is 2.17 bits per heavy atom. The molecule has 0 unspecified atom stereocenters. The molecule has 96 valence electrons. The molecule has 0 atom stereocenters. The van der Waals surface area contributed by atoms with Gasteiger partial charge in [-0.2, -0.15) is 0 Å². The maximum Gasteiger partial charge on any atom is 0.354 e. The molecule has 1 aliphatic rings. The minimum atomic E-state index is -1.06. The van der Waals surface area contributed by atoms with Crippen molar-refractivity contribution in [2.45, 2.75) is 25.7 Å². The normalized spacial score (nSPS) is 14.9. The molecule has 0 aliphatic heterocycles. The third kappa shape index (κ3) is 2.67. The number of aromatic nitrogens is 1. The van der Waals surface area contributed by atoms with Crippen LogP contribution < -0.4 is 4.90 Å². The summed E-state index contributed by atoms with van der Waals surface area (Å²) < 4.78 is 0. The number of carboxylic acids is 1. The molecular weight excluding hydrogens is 232 g/mol. The van der Waals surface area contributed by atoms with E-state index in [-0.39, 0.29) is 11.6 Å². The predicted octanol–water partition coefficient (Wildman–Crippen LogP) is 1.93. The van der Waals surface area contributed by atoms with Crippen LogP contribution in [0.3, 0.4) is 0 Å². The third-order valence-corrected chi connectivity index (χ3v) is 3.42. The zero-order valence-corrected chi connectivity index (χ0v) is 10.3. The molecule has 1 fully saturated rings. The molecule has 0 aromatic carbocycles. The van der Waals surface area contributed by atoms with Crippen LogP contribution >= 0.6 is 0 Å². The highest BCUT2D eigenvalue weighted by molar-refractivity contribution is 5.93. The number of pyridine rings is 1. The summed E-state index contributed by atoms with van der Waals surface area (Å²) in [6.07, 6.45) is 5.47. The maximum atomic E-state index is 11.9. The number of hydrogen-bond donors (Lipinski definition) is 1. The van der Waals surface area contributed by atoms with Gasteiger partial charge in [-0.15, -0.1) is 0 Å². The van der Waals surface area contributed by atoms with Crippen LogP contribution in [0.15, 0.2) is 18.3 Å². The van der Waals surface area contributed by atoms with E-state index < -0.39 is 5.97 Å². The van der Waals surface area contributed by atoms with Crippen molar-refractivity contribution in [1.29, 1.82) is 0 Å². The fourth-order valence-electron chi connectivity index (χ4n) is 1.94. The van der Waals surface area contributed by atoms with E-state index >= 15 is 0 Å². The number of carbonyl (C=O) groups is 2. The lowest BCUT2D eigenvalue weighted by atomic mass is 9.83. The van der Waals surface area contributed by atoms with Gasteiger partial charge in [0.2, 0.25) is 5.91 Å². The fourth-order valence-corrected chi connectivity index (χ4v) is 1.94. The van der Waals surface area contributed by atoms with E-state index in [0.29, 0.717) is 18.0 Å². The monoisotopic (exact) mass is 248 g/mol. The second-order valence-corrected chi connectivity index (χ2v) is 4.66. The van der Waals surface area contributed by atoms with Crippen molar-refractivity contribution in [3.05, 3.63) is 24.0 Å². The molecule has 1 heterocycles. The van der Waals surface area contributed by atoms with E-state index in [9.17, 15) is 9.59 Å². The second-order valence-electron chi connectivity index (χ2n) is 4.66. The smallest absolute Gasteiger partial charge is 0.354 e. The molecule has 0 radical (unpaired) electrons. The van der Waals surface area contributed by atoms with E-state index in [2.05, 4.69) is 4.98 Å². The van der Waals surface area contributed by atoms with Crippen LogP contribution in [0.5, 0.6) is 0 Å². The van der Waals surface area contributed by atoms with Crippen LogP contribution in [0.25, 0.3) is 0 Å². The number of amides is 1. The minimum absolute atomic E-state index is 0.0152. The van der Waals surface area contributed by atoms with Gasteiger partial charge in [-0.1, -0.05) is 6.42 Å². The average molecular weight is 248 g/mol. The van der Waals surface area contributed by atoms with Crippen LogP contribution in [0.2, 0.25) is 0 Å². The lowest BCUT2D eigenvalue weighted by Gasteiger charge is -2.27. The molecule has 0 bridgehead atoms. The van der Waals surface area contributed by atoms with Crippen LogP contribution in [0, 0.1) is 5.92 Å². The van der Waals surface area contributed by atoms with Gasteiger partial charge in [-0.3, -0.25) is 4.79 Å². The van der Waals surface area contributed by atoms with Gasteiger partial charge in [0.15, 0.2) is 0 Å². The lowest BCUT2D eigenvalue weighted by Crippen LogP contribution is -2.30.